The Balaban J connectivity index is 2.90. The first-order valence-electron chi connectivity index (χ1n) is 5.55. The Kier molecular flexibility index (Phi) is 3.58. The highest BCUT2D eigenvalue weighted by Gasteiger charge is 2.25. The molecule has 0 heterocycles. The molecule has 0 aromatic heterocycles. The summed E-state index contributed by atoms with van der Waals surface area (Å²) in [5, 5.41) is 2.92. The molecule has 0 aliphatic carbocycles. The average molecular weight is 220 g/mol. The van der Waals surface area contributed by atoms with Crippen LogP contribution in [0.25, 0.3) is 0 Å². The van der Waals surface area contributed by atoms with Crippen molar-refractivity contribution in [1.29, 1.82) is 0 Å². The quantitative estimate of drug-likeness (QED) is 0.769. The van der Waals surface area contributed by atoms with Gasteiger partial charge in [-0.05, 0) is 31.0 Å². The molecule has 0 saturated carbocycles. The number of rotatable bonds is 3. The topological polar surface area (TPSA) is 55.1 Å². The third-order valence-electron chi connectivity index (χ3n) is 3.12. The lowest BCUT2D eigenvalue weighted by Crippen LogP contribution is -2.30. The van der Waals surface area contributed by atoms with Gasteiger partial charge in [0.2, 0.25) is 5.91 Å². The summed E-state index contributed by atoms with van der Waals surface area (Å²) in [5.74, 6) is 0.0312. The van der Waals surface area contributed by atoms with Gasteiger partial charge in [0.15, 0.2) is 0 Å². The Morgan fingerprint density at radius 2 is 2.06 bits per heavy atom. The zero-order valence-corrected chi connectivity index (χ0v) is 10.4. The van der Waals surface area contributed by atoms with E-state index in [4.69, 9.17) is 5.73 Å². The molecule has 0 fully saturated rings. The van der Waals surface area contributed by atoms with Gasteiger partial charge in [-0.1, -0.05) is 26.8 Å². The minimum atomic E-state index is -0.350. The van der Waals surface area contributed by atoms with Crippen LogP contribution in [-0.4, -0.2) is 5.91 Å². The van der Waals surface area contributed by atoms with Gasteiger partial charge in [0.05, 0.1) is 0 Å². The maximum absolute atomic E-state index is 12.0. The van der Waals surface area contributed by atoms with Crippen molar-refractivity contribution in [3.05, 3.63) is 23.8 Å². The predicted octanol–water partition coefficient (Wildman–Crippen LogP) is 2.95. The van der Waals surface area contributed by atoms with Gasteiger partial charge < -0.3 is 11.1 Å². The smallest absolute Gasteiger partial charge is 0.230 e. The van der Waals surface area contributed by atoms with Crippen molar-refractivity contribution < 1.29 is 4.79 Å². The first-order valence-corrected chi connectivity index (χ1v) is 5.55. The molecule has 3 heteroatoms. The summed E-state index contributed by atoms with van der Waals surface area (Å²) in [4.78, 5) is 12.0. The van der Waals surface area contributed by atoms with Crippen LogP contribution in [-0.2, 0) is 4.79 Å². The standard InChI is InChI=1S/C13H20N2O/c1-5-13(3,4)12(16)15-11-8-6-7-10(14)9(11)2/h6-8H,5,14H2,1-4H3,(H,15,16). The third kappa shape index (κ3) is 2.54. The molecule has 0 unspecified atom stereocenters. The van der Waals surface area contributed by atoms with Gasteiger partial charge in [-0.2, -0.15) is 0 Å². The summed E-state index contributed by atoms with van der Waals surface area (Å²) in [6, 6.07) is 5.54. The van der Waals surface area contributed by atoms with E-state index in [1.165, 1.54) is 0 Å². The number of hydrogen-bond donors (Lipinski definition) is 2. The van der Waals surface area contributed by atoms with Crippen LogP contribution in [0.2, 0.25) is 0 Å². The number of nitrogens with one attached hydrogen (secondary N) is 1. The summed E-state index contributed by atoms with van der Waals surface area (Å²) in [6.07, 6.45) is 0.806. The SMILES string of the molecule is CCC(C)(C)C(=O)Nc1cccc(N)c1C. The lowest BCUT2D eigenvalue weighted by molar-refractivity contribution is -0.124. The number of amides is 1. The molecule has 0 spiro atoms. The fourth-order valence-electron chi connectivity index (χ4n) is 1.24. The molecule has 1 rings (SSSR count). The second kappa shape index (κ2) is 4.56. The Labute approximate surface area is 97.0 Å². The average Bonchev–Trinajstić information content (AvgIpc) is 2.24. The van der Waals surface area contributed by atoms with E-state index in [0.29, 0.717) is 5.69 Å². The first-order chi connectivity index (χ1) is 7.38. The molecule has 1 amide bonds. The van der Waals surface area contributed by atoms with Gasteiger partial charge in [0.25, 0.3) is 0 Å². The molecule has 0 radical (unpaired) electrons. The Hall–Kier alpha value is -1.51. The molecular formula is C13H20N2O. The monoisotopic (exact) mass is 220 g/mol. The third-order valence-corrected chi connectivity index (χ3v) is 3.12. The van der Waals surface area contributed by atoms with Crippen molar-refractivity contribution >= 4 is 17.3 Å². The minimum absolute atomic E-state index is 0.0312. The van der Waals surface area contributed by atoms with E-state index in [-0.39, 0.29) is 11.3 Å². The van der Waals surface area contributed by atoms with E-state index in [0.717, 1.165) is 17.7 Å². The molecule has 1 aromatic carbocycles. The van der Waals surface area contributed by atoms with Crippen LogP contribution < -0.4 is 11.1 Å². The van der Waals surface area contributed by atoms with E-state index in [9.17, 15) is 4.79 Å². The van der Waals surface area contributed by atoms with E-state index in [2.05, 4.69) is 5.32 Å². The Morgan fingerprint density at radius 1 is 1.44 bits per heavy atom. The highest BCUT2D eigenvalue weighted by atomic mass is 16.2. The number of anilines is 2. The first kappa shape index (κ1) is 12.6. The Bertz CT molecular complexity index is 397. The molecule has 3 N–H and O–H groups in total. The van der Waals surface area contributed by atoms with Gasteiger partial charge in [0.1, 0.15) is 0 Å². The summed E-state index contributed by atoms with van der Waals surface area (Å²) in [6.45, 7) is 7.78. The van der Waals surface area contributed by atoms with E-state index < -0.39 is 0 Å². The van der Waals surface area contributed by atoms with Crippen molar-refractivity contribution in [3.63, 3.8) is 0 Å². The zero-order valence-electron chi connectivity index (χ0n) is 10.4. The van der Waals surface area contributed by atoms with Gasteiger partial charge in [0, 0.05) is 16.8 Å². The fourth-order valence-corrected chi connectivity index (χ4v) is 1.24. The van der Waals surface area contributed by atoms with Gasteiger partial charge in [-0.3, -0.25) is 4.79 Å². The van der Waals surface area contributed by atoms with E-state index >= 15 is 0 Å². The molecule has 0 aliphatic rings. The number of benzene rings is 1. The summed E-state index contributed by atoms with van der Waals surface area (Å²) in [7, 11) is 0. The van der Waals surface area contributed by atoms with Gasteiger partial charge in [-0.25, -0.2) is 0 Å². The normalized spacial score (nSPS) is 11.2. The fraction of sp³-hybridized carbons (Fsp3) is 0.462. The molecule has 16 heavy (non-hydrogen) atoms. The molecule has 0 bridgehead atoms. The van der Waals surface area contributed by atoms with E-state index in [1.54, 1.807) is 0 Å². The number of carbonyl (C=O) groups is 1. The van der Waals surface area contributed by atoms with Gasteiger partial charge in [-0.15, -0.1) is 0 Å². The number of hydrogen-bond acceptors (Lipinski definition) is 2. The maximum atomic E-state index is 12.0. The van der Waals surface area contributed by atoms with Crippen molar-refractivity contribution in [1.82, 2.24) is 0 Å². The summed E-state index contributed by atoms with van der Waals surface area (Å²) >= 11 is 0. The highest BCUT2D eigenvalue weighted by Crippen LogP contribution is 2.25. The molecule has 3 nitrogen and oxygen atoms in total. The van der Waals surface area contributed by atoms with Crippen LogP contribution in [0.3, 0.4) is 0 Å². The molecule has 88 valence electrons. The molecular weight excluding hydrogens is 200 g/mol. The number of nitrogens with two attached hydrogens (primary N) is 1. The lowest BCUT2D eigenvalue weighted by Gasteiger charge is -2.22. The van der Waals surface area contributed by atoms with Crippen LogP contribution >= 0.6 is 0 Å². The van der Waals surface area contributed by atoms with Gasteiger partial charge >= 0.3 is 0 Å². The lowest BCUT2D eigenvalue weighted by atomic mass is 9.89. The summed E-state index contributed by atoms with van der Waals surface area (Å²) in [5.41, 5.74) is 7.85. The van der Waals surface area contributed by atoms with Crippen molar-refractivity contribution in [2.75, 3.05) is 11.1 Å². The van der Waals surface area contributed by atoms with Crippen molar-refractivity contribution in [3.8, 4) is 0 Å². The minimum Gasteiger partial charge on any atom is -0.398 e. The largest absolute Gasteiger partial charge is 0.398 e. The van der Waals surface area contributed by atoms with Crippen molar-refractivity contribution in [2.24, 2.45) is 5.41 Å². The van der Waals surface area contributed by atoms with Crippen molar-refractivity contribution in [2.45, 2.75) is 34.1 Å². The molecule has 0 aliphatic heterocycles. The predicted molar refractivity (Wildman–Crippen MR) is 68.3 cm³/mol. The van der Waals surface area contributed by atoms with Crippen LogP contribution in [0.1, 0.15) is 32.8 Å². The molecule has 0 atom stereocenters. The zero-order chi connectivity index (χ0) is 12.3. The second-order valence-electron chi connectivity index (χ2n) is 4.71. The van der Waals surface area contributed by atoms with Crippen LogP contribution in [0.5, 0.6) is 0 Å². The number of nitrogen functional groups attached to an aromatic ring is 1. The van der Waals surface area contributed by atoms with E-state index in [1.807, 2.05) is 45.9 Å². The summed E-state index contributed by atoms with van der Waals surface area (Å²) < 4.78 is 0. The highest BCUT2D eigenvalue weighted by molar-refractivity contribution is 5.95. The number of carbonyl (C=O) groups excluding carboxylic acids is 1. The maximum Gasteiger partial charge on any atom is 0.230 e. The second-order valence-corrected chi connectivity index (χ2v) is 4.71. The molecule has 0 saturated heterocycles. The van der Waals surface area contributed by atoms with Crippen LogP contribution in [0.4, 0.5) is 11.4 Å². The Morgan fingerprint density at radius 3 is 2.62 bits per heavy atom. The van der Waals surface area contributed by atoms with Crippen LogP contribution in [0, 0.1) is 12.3 Å². The molecule has 1 aromatic rings. The van der Waals surface area contributed by atoms with Crippen LogP contribution in [0.15, 0.2) is 18.2 Å².